The number of likely N-dealkylation sites (N-methyl/N-ethyl adjacent to an activating group) is 1. The highest BCUT2D eigenvalue weighted by molar-refractivity contribution is 8.00. The Labute approximate surface area is 122 Å². The summed E-state index contributed by atoms with van der Waals surface area (Å²) in [6.07, 6.45) is 3.03. The molecule has 0 aromatic carbocycles. The Morgan fingerprint density at radius 1 is 1.35 bits per heavy atom. The van der Waals surface area contributed by atoms with Crippen molar-refractivity contribution in [2.45, 2.75) is 36.7 Å². The minimum Gasteiger partial charge on any atom is -0.480 e. The van der Waals surface area contributed by atoms with Crippen molar-refractivity contribution in [3.05, 3.63) is 0 Å². The molecule has 0 aromatic rings. The minimum atomic E-state index is -0.898. The number of carboxylic acids is 1. The number of urea groups is 1. The number of hydrogen-bond donors (Lipinski definition) is 1. The summed E-state index contributed by atoms with van der Waals surface area (Å²) in [4.78, 5) is 27.4. The summed E-state index contributed by atoms with van der Waals surface area (Å²) in [6.45, 7) is 1.22. The van der Waals surface area contributed by atoms with Gasteiger partial charge >= 0.3 is 12.0 Å². The van der Waals surface area contributed by atoms with Gasteiger partial charge in [0.25, 0.3) is 0 Å². The maximum Gasteiger partial charge on any atom is 0.327 e. The smallest absolute Gasteiger partial charge is 0.327 e. The topological polar surface area (TPSA) is 70.1 Å². The van der Waals surface area contributed by atoms with E-state index in [2.05, 4.69) is 0 Å². The molecule has 2 aliphatic heterocycles. The van der Waals surface area contributed by atoms with Crippen molar-refractivity contribution in [1.29, 1.82) is 0 Å². The van der Waals surface area contributed by atoms with E-state index < -0.39 is 12.0 Å². The molecule has 3 aliphatic rings. The standard InChI is InChI=1S/C13H20N2O4S/c1-14(9-4-5-19-6-9)13(18)15-10(12(16)17)7-20-11(15)8-2-3-8/h8-11H,2-7H2,1H3,(H,16,17). The van der Waals surface area contributed by atoms with Crippen LogP contribution < -0.4 is 0 Å². The average Bonchev–Trinajstić information content (AvgIpc) is 2.96. The summed E-state index contributed by atoms with van der Waals surface area (Å²) in [5, 5.41) is 9.38. The van der Waals surface area contributed by atoms with Crippen molar-refractivity contribution in [3.63, 3.8) is 0 Å². The van der Waals surface area contributed by atoms with Gasteiger partial charge in [0.05, 0.1) is 18.0 Å². The quantitative estimate of drug-likeness (QED) is 0.844. The molecule has 0 bridgehead atoms. The lowest BCUT2D eigenvalue weighted by atomic mass is 10.2. The largest absolute Gasteiger partial charge is 0.480 e. The molecule has 3 fully saturated rings. The number of carbonyl (C=O) groups is 2. The average molecular weight is 300 g/mol. The molecule has 112 valence electrons. The van der Waals surface area contributed by atoms with E-state index in [9.17, 15) is 14.7 Å². The zero-order valence-electron chi connectivity index (χ0n) is 11.5. The molecule has 1 aliphatic carbocycles. The molecule has 6 nitrogen and oxygen atoms in total. The number of carbonyl (C=O) groups excluding carboxylic acids is 1. The Morgan fingerprint density at radius 3 is 2.65 bits per heavy atom. The molecule has 3 rings (SSSR count). The van der Waals surface area contributed by atoms with Crippen LogP contribution in [0.25, 0.3) is 0 Å². The van der Waals surface area contributed by atoms with E-state index in [0.29, 0.717) is 24.9 Å². The van der Waals surface area contributed by atoms with Crippen LogP contribution in [-0.2, 0) is 9.53 Å². The fourth-order valence-electron chi connectivity index (χ4n) is 2.87. The zero-order valence-corrected chi connectivity index (χ0v) is 12.3. The molecule has 2 amide bonds. The van der Waals surface area contributed by atoms with E-state index in [4.69, 9.17) is 4.74 Å². The number of rotatable bonds is 3. The van der Waals surface area contributed by atoms with Crippen LogP contribution in [0.4, 0.5) is 4.79 Å². The second-order valence-corrected chi connectivity index (χ2v) is 6.88. The van der Waals surface area contributed by atoms with Gasteiger partial charge in [-0.05, 0) is 25.2 Å². The molecular weight excluding hydrogens is 280 g/mol. The highest BCUT2D eigenvalue weighted by atomic mass is 32.2. The van der Waals surface area contributed by atoms with E-state index in [0.717, 1.165) is 19.3 Å². The Bertz CT molecular complexity index is 409. The number of aliphatic carboxylic acids is 1. The Balaban J connectivity index is 1.75. The molecule has 1 N–H and O–H groups in total. The number of carboxylic acid groups (broad SMARTS) is 1. The fraction of sp³-hybridized carbons (Fsp3) is 0.846. The second-order valence-electron chi connectivity index (χ2n) is 5.73. The molecule has 3 unspecified atom stereocenters. The summed E-state index contributed by atoms with van der Waals surface area (Å²) in [6, 6.07) is -0.778. The molecule has 0 aromatic heterocycles. The van der Waals surface area contributed by atoms with E-state index in [-0.39, 0.29) is 17.4 Å². The van der Waals surface area contributed by atoms with Gasteiger partial charge in [-0.15, -0.1) is 11.8 Å². The highest BCUT2D eigenvalue weighted by Crippen LogP contribution is 2.45. The van der Waals surface area contributed by atoms with Gasteiger partial charge in [0, 0.05) is 19.4 Å². The highest BCUT2D eigenvalue weighted by Gasteiger charge is 2.49. The molecule has 20 heavy (non-hydrogen) atoms. The van der Waals surface area contributed by atoms with Crippen LogP contribution in [-0.4, -0.2) is 70.4 Å². The summed E-state index contributed by atoms with van der Waals surface area (Å²) < 4.78 is 5.32. The minimum absolute atomic E-state index is 0.0355. The third-order valence-electron chi connectivity index (χ3n) is 4.32. The van der Waals surface area contributed by atoms with Gasteiger partial charge in [0.2, 0.25) is 0 Å². The van der Waals surface area contributed by atoms with Gasteiger partial charge < -0.3 is 14.7 Å². The van der Waals surface area contributed by atoms with Gasteiger partial charge in [0.15, 0.2) is 0 Å². The van der Waals surface area contributed by atoms with E-state index >= 15 is 0 Å². The monoisotopic (exact) mass is 300 g/mol. The molecule has 2 heterocycles. The van der Waals surface area contributed by atoms with E-state index in [1.165, 1.54) is 0 Å². The van der Waals surface area contributed by atoms with Crippen molar-refractivity contribution in [2.24, 2.45) is 5.92 Å². The van der Waals surface area contributed by atoms with Crippen LogP contribution in [0.5, 0.6) is 0 Å². The molecular formula is C13H20N2O4S. The van der Waals surface area contributed by atoms with E-state index in [1.54, 1.807) is 28.6 Å². The molecule has 0 radical (unpaired) electrons. The third-order valence-corrected chi connectivity index (χ3v) is 5.78. The number of amides is 2. The predicted octanol–water partition coefficient (Wildman–Crippen LogP) is 1.07. The van der Waals surface area contributed by atoms with Gasteiger partial charge in [-0.2, -0.15) is 0 Å². The van der Waals surface area contributed by atoms with Crippen molar-refractivity contribution in [2.75, 3.05) is 26.0 Å². The number of thioether (sulfide) groups is 1. The second kappa shape index (κ2) is 5.44. The molecule has 0 spiro atoms. The molecule has 2 saturated heterocycles. The zero-order chi connectivity index (χ0) is 14.3. The van der Waals surface area contributed by atoms with Gasteiger partial charge in [-0.1, -0.05) is 0 Å². The summed E-state index contributed by atoms with van der Waals surface area (Å²) in [7, 11) is 1.76. The number of hydrogen-bond acceptors (Lipinski definition) is 4. The van der Waals surface area contributed by atoms with Crippen molar-refractivity contribution in [1.82, 2.24) is 9.80 Å². The molecule has 1 saturated carbocycles. The Hall–Kier alpha value is -0.950. The summed E-state index contributed by atoms with van der Waals surface area (Å²) in [5.41, 5.74) is 0. The Kier molecular flexibility index (Phi) is 3.81. The normalized spacial score (nSPS) is 33.5. The van der Waals surface area contributed by atoms with Gasteiger partial charge in [0.1, 0.15) is 6.04 Å². The lowest BCUT2D eigenvalue weighted by Gasteiger charge is -2.34. The maximum absolute atomic E-state index is 12.7. The summed E-state index contributed by atoms with van der Waals surface area (Å²) >= 11 is 1.61. The van der Waals surface area contributed by atoms with Crippen LogP contribution in [0.3, 0.4) is 0 Å². The first kappa shape index (κ1) is 14.0. The van der Waals surface area contributed by atoms with Gasteiger partial charge in [-0.3, -0.25) is 4.90 Å². The van der Waals surface area contributed by atoms with Crippen LogP contribution in [0.15, 0.2) is 0 Å². The van der Waals surface area contributed by atoms with Crippen LogP contribution in [0, 0.1) is 5.92 Å². The van der Waals surface area contributed by atoms with Crippen molar-refractivity contribution >= 4 is 23.8 Å². The third kappa shape index (κ3) is 2.48. The first-order valence-electron chi connectivity index (χ1n) is 7.07. The first-order chi connectivity index (χ1) is 9.59. The lowest BCUT2D eigenvalue weighted by Crippen LogP contribution is -2.53. The SMILES string of the molecule is CN(C(=O)N1C(C(=O)O)CSC1C1CC1)C1CCOC1. The lowest BCUT2D eigenvalue weighted by molar-refractivity contribution is -0.141. The van der Waals surface area contributed by atoms with Crippen LogP contribution >= 0.6 is 11.8 Å². The van der Waals surface area contributed by atoms with Crippen molar-refractivity contribution in [3.8, 4) is 0 Å². The first-order valence-corrected chi connectivity index (χ1v) is 8.11. The van der Waals surface area contributed by atoms with E-state index in [1.807, 2.05) is 0 Å². The summed E-state index contributed by atoms with van der Waals surface area (Å²) in [5.74, 6) is 0.0728. The molecule has 7 heteroatoms. The number of nitrogens with zero attached hydrogens (tertiary/aromatic N) is 2. The Morgan fingerprint density at radius 2 is 2.10 bits per heavy atom. The van der Waals surface area contributed by atoms with Crippen molar-refractivity contribution < 1.29 is 19.4 Å². The van der Waals surface area contributed by atoms with Crippen LogP contribution in [0.1, 0.15) is 19.3 Å². The molecule has 3 atom stereocenters. The van der Waals surface area contributed by atoms with Crippen LogP contribution in [0.2, 0.25) is 0 Å². The van der Waals surface area contributed by atoms with Gasteiger partial charge in [-0.25, -0.2) is 9.59 Å². The number of ether oxygens (including phenoxy) is 1. The predicted molar refractivity (Wildman–Crippen MR) is 74.6 cm³/mol. The maximum atomic E-state index is 12.7. The fourth-order valence-corrected chi connectivity index (χ4v) is 4.50.